The predicted octanol–water partition coefficient (Wildman–Crippen LogP) is 2.32. The highest BCUT2D eigenvalue weighted by molar-refractivity contribution is 5.92. The topological polar surface area (TPSA) is 102 Å². The lowest BCUT2D eigenvalue weighted by Gasteiger charge is -2.20. The Labute approximate surface area is 121 Å². The van der Waals surface area contributed by atoms with E-state index in [0.717, 1.165) is 6.07 Å². The van der Waals surface area contributed by atoms with E-state index in [1.807, 2.05) is 0 Å². The van der Waals surface area contributed by atoms with Gasteiger partial charge in [0.2, 0.25) is 0 Å². The highest BCUT2D eigenvalue weighted by atomic mass is 19.1. The van der Waals surface area contributed by atoms with Crippen LogP contribution in [0.1, 0.15) is 25.8 Å². The molecule has 0 radical (unpaired) electrons. The minimum absolute atomic E-state index is 0.125. The van der Waals surface area contributed by atoms with Crippen LogP contribution in [0, 0.1) is 23.1 Å². The number of halogens is 1. The average molecular weight is 293 g/mol. The van der Waals surface area contributed by atoms with Gasteiger partial charge in [0.15, 0.2) is 0 Å². The standard InChI is InChI=1S/C14H16FN3O3/c1-3-8(2)12(13(19)20)18-14(21)17-11-5-4-9(7-16)6-10(11)15/h4-6,8,12H,3H2,1-2H3,(H,19,20)(H2,17,18,21)/t8-,12-/m0/s1. The molecule has 0 saturated carbocycles. The van der Waals surface area contributed by atoms with Crippen molar-refractivity contribution in [3.8, 4) is 6.07 Å². The number of carboxylic acids is 1. The number of carboxylic acid groups (broad SMARTS) is 1. The smallest absolute Gasteiger partial charge is 0.326 e. The van der Waals surface area contributed by atoms with Crippen LogP contribution >= 0.6 is 0 Å². The zero-order valence-electron chi connectivity index (χ0n) is 11.7. The van der Waals surface area contributed by atoms with Gasteiger partial charge < -0.3 is 15.7 Å². The molecule has 0 spiro atoms. The Morgan fingerprint density at radius 1 is 1.48 bits per heavy atom. The van der Waals surface area contributed by atoms with Gasteiger partial charge in [-0.3, -0.25) is 0 Å². The number of aliphatic carboxylic acids is 1. The van der Waals surface area contributed by atoms with Crippen molar-refractivity contribution in [2.45, 2.75) is 26.3 Å². The van der Waals surface area contributed by atoms with Crippen LogP contribution in [-0.4, -0.2) is 23.1 Å². The Kier molecular flexibility index (Phi) is 5.67. The van der Waals surface area contributed by atoms with Gasteiger partial charge in [-0.25, -0.2) is 14.0 Å². The lowest BCUT2D eigenvalue weighted by molar-refractivity contribution is -0.140. The predicted molar refractivity (Wildman–Crippen MR) is 74.1 cm³/mol. The number of rotatable bonds is 5. The normalized spacial score (nSPS) is 12.9. The van der Waals surface area contributed by atoms with Gasteiger partial charge in [0, 0.05) is 0 Å². The molecule has 21 heavy (non-hydrogen) atoms. The number of amides is 2. The fourth-order valence-electron chi connectivity index (χ4n) is 1.67. The Balaban J connectivity index is 2.77. The lowest BCUT2D eigenvalue weighted by atomic mass is 9.99. The maximum absolute atomic E-state index is 13.6. The van der Waals surface area contributed by atoms with Crippen molar-refractivity contribution in [1.82, 2.24) is 5.32 Å². The number of carbonyl (C=O) groups excluding carboxylic acids is 1. The molecule has 6 nitrogen and oxygen atoms in total. The molecule has 0 saturated heterocycles. The maximum atomic E-state index is 13.6. The molecule has 0 fully saturated rings. The summed E-state index contributed by atoms with van der Waals surface area (Å²) in [6.07, 6.45) is 0.572. The van der Waals surface area contributed by atoms with E-state index in [4.69, 9.17) is 10.4 Å². The van der Waals surface area contributed by atoms with E-state index >= 15 is 0 Å². The van der Waals surface area contributed by atoms with Crippen molar-refractivity contribution in [3.63, 3.8) is 0 Å². The van der Waals surface area contributed by atoms with Crippen molar-refractivity contribution >= 4 is 17.7 Å². The molecule has 2 atom stereocenters. The van der Waals surface area contributed by atoms with E-state index in [1.165, 1.54) is 12.1 Å². The van der Waals surface area contributed by atoms with Crippen LogP contribution in [0.2, 0.25) is 0 Å². The molecule has 0 bridgehead atoms. The van der Waals surface area contributed by atoms with Crippen LogP contribution in [0.5, 0.6) is 0 Å². The number of carbonyl (C=O) groups is 2. The molecule has 7 heteroatoms. The summed E-state index contributed by atoms with van der Waals surface area (Å²) >= 11 is 0. The average Bonchev–Trinajstić information content (AvgIpc) is 2.45. The van der Waals surface area contributed by atoms with E-state index in [1.54, 1.807) is 19.9 Å². The van der Waals surface area contributed by atoms with Gasteiger partial charge in [0.1, 0.15) is 11.9 Å². The van der Waals surface area contributed by atoms with E-state index in [-0.39, 0.29) is 17.2 Å². The SMILES string of the molecule is CC[C@H](C)[C@H](NC(=O)Nc1ccc(C#N)cc1F)C(=O)O. The summed E-state index contributed by atoms with van der Waals surface area (Å²) in [6, 6.07) is 3.48. The zero-order valence-corrected chi connectivity index (χ0v) is 11.7. The second-order valence-electron chi connectivity index (χ2n) is 4.61. The number of benzene rings is 1. The molecule has 0 aliphatic carbocycles. The van der Waals surface area contributed by atoms with Gasteiger partial charge in [0.05, 0.1) is 17.3 Å². The van der Waals surface area contributed by atoms with Crippen LogP contribution in [0.4, 0.5) is 14.9 Å². The second-order valence-corrected chi connectivity index (χ2v) is 4.61. The Bertz CT molecular complexity index is 583. The fraction of sp³-hybridized carbons (Fsp3) is 0.357. The minimum Gasteiger partial charge on any atom is -0.480 e. The fourth-order valence-corrected chi connectivity index (χ4v) is 1.67. The largest absolute Gasteiger partial charge is 0.480 e. The molecule has 1 aromatic carbocycles. The van der Waals surface area contributed by atoms with Crippen LogP contribution in [0.15, 0.2) is 18.2 Å². The van der Waals surface area contributed by atoms with Crippen LogP contribution in [-0.2, 0) is 4.79 Å². The number of urea groups is 1. The Morgan fingerprint density at radius 3 is 2.62 bits per heavy atom. The molecule has 2 amide bonds. The van der Waals surface area contributed by atoms with Crippen molar-refractivity contribution in [3.05, 3.63) is 29.6 Å². The molecule has 1 aromatic rings. The summed E-state index contributed by atoms with van der Waals surface area (Å²) in [6.45, 7) is 3.50. The first kappa shape index (κ1) is 16.4. The van der Waals surface area contributed by atoms with Gasteiger partial charge in [-0.15, -0.1) is 0 Å². The number of nitriles is 1. The Morgan fingerprint density at radius 2 is 2.14 bits per heavy atom. The summed E-state index contributed by atoms with van der Waals surface area (Å²) in [5, 5.41) is 22.2. The molecule has 0 aromatic heterocycles. The van der Waals surface area contributed by atoms with E-state index in [2.05, 4.69) is 10.6 Å². The lowest BCUT2D eigenvalue weighted by Crippen LogP contribution is -2.46. The molecule has 112 valence electrons. The number of hydrogen-bond acceptors (Lipinski definition) is 3. The molecule has 0 unspecified atom stereocenters. The first-order chi connectivity index (χ1) is 9.88. The molecule has 0 aliphatic rings. The van der Waals surface area contributed by atoms with Crippen molar-refractivity contribution in [1.29, 1.82) is 5.26 Å². The first-order valence-electron chi connectivity index (χ1n) is 6.39. The molecular formula is C14H16FN3O3. The minimum atomic E-state index is -1.15. The van der Waals surface area contributed by atoms with Crippen molar-refractivity contribution in [2.24, 2.45) is 5.92 Å². The molecule has 0 aliphatic heterocycles. The molecule has 1 rings (SSSR count). The van der Waals surface area contributed by atoms with Crippen molar-refractivity contribution in [2.75, 3.05) is 5.32 Å². The van der Waals surface area contributed by atoms with E-state index in [9.17, 15) is 14.0 Å². The third-order valence-corrected chi connectivity index (χ3v) is 3.11. The summed E-state index contributed by atoms with van der Waals surface area (Å²) in [5.74, 6) is -2.18. The van der Waals surface area contributed by atoms with Gasteiger partial charge in [-0.05, 0) is 24.1 Å². The highest BCUT2D eigenvalue weighted by Crippen LogP contribution is 2.15. The molecule has 0 heterocycles. The van der Waals surface area contributed by atoms with E-state index in [0.29, 0.717) is 6.42 Å². The monoisotopic (exact) mass is 293 g/mol. The van der Waals surface area contributed by atoms with Crippen LogP contribution < -0.4 is 10.6 Å². The van der Waals surface area contributed by atoms with Crippen LogP contribution in [0.3, 0.4) is 0 Å². The van der Waals surface area contributed by atoms with Gasteiger partial charge in [-0.2, -0.15) is 5.26 Å². The number of nitrogens with one attached hydrogen (secondary N) is 2. The third-order valence-electron chi connectivity index (χ3n) is 3.11. The van der Waals surface area contributed by atoms with Gasteiger partial charge >= 0.3 is 12.0 Å². The summed E-state index contributed by atoms with van der Waals surface area (Å²) in [5.41, 5.74) is 0.00117. The summed E-state index contributed by atoms with van der Waals surface area (Å²) < 4.78 is 13.6. The summed E-state index contributed by atoms with van der Waals surface area (Å²) in [7, 11) is 0. The van der Waals surface area contributed by atoms with E-state index < -0.39 is 23.9 Å². The van der Waals surface area contributed by atoms with Crippen molar-refractivity contribution < 1.29 is 19.1 Å². The number of hydrogen-bond donors (Lipinski definition) is 3. The summed E-state index contributed by atoms with van der Waals surface area (Å²) in [4.78, 5) is 22.8. The molecule has 3 N–H and O–H groups in total. The second kappa shape index (κ2) is 7.24. The molecular weight excluding hydrogens is 277 g/mol. The third kappa shape index (κ3) is 4.45. The van der Waals surface area contributed by atoms with Crippen LogP contribution in [0.25, 0.3) is 0 Å². The number of anilines is 1. The van der Waals surface area contributed by atoms with Gasteiger partial charge in [0.25, 0.3) is 0 Å². The first-order valence-corrected chi connectivity index (χ1v) is 6.39. The number of nitrogens with zero attached hydrogens (tertiary/aromatic N) is 1. The highest BCUT2D eigenvalue weighted by Gasteiger charge is 2.25. The van der Waals surface area contributed by atoms with Gasteiger partial charge in [-0.1, -0.05) is 20.3 Å². The Hall–Kier alpha value is -2.62. The maximum Gasteiger partial charge on any atom is 0.326 e. The quantitative estimate of drug-likeness (QED) is 0.775. The zero-order chi connectivity index (χ0) is 16.0.